The molecule has 0 amide bonds. The highest BCUT2D eigenvalue weighted by atomic mass is 16.5. The number of ketones is 1. The Morgan fingerprint density at radius 3 is 2.54 bits per heavy atom. The van der Waals surface area contributed by atoms with Crippen molar-refractivity contribution >= 4 is 11.8 Å². The van der Waals surface area contributed by atoms with Crippen LogP contribution in [0, 0.1) is 5.92 Å². The van der Waals surface area contributed by atoms with E-state index in [9.17, 15) is 9.59 Å². The van der Waals surface area contributed by atoms with Gasteiger partial charge in [0.15, 0.2) is 5.78 Å². The monoisotopic (exact) mass is 184 g/mol. The highest BCUT2D eigenvalue weighted by molar-refractivity contribution is 6.17. The number of aliphatic carboxylic acids is 1. The van der Waals surface area contributed by atoms with Crippen LogP contribution in [0.1, 0.15) is 19.8 Å². The van der Waals surface area contributed by atoms with Crippen LogP contribution in [0.2, 0.25) is 0 Å². The molecular formula is C9H12O4. The lowest BCUT2D eigenvalue weighted by atomic mass is 10.1. The van der Waals surface area contributed by atoms with Crippen molar-refractivity contribution in [2.75, 3.05) is 6.61 Å². The first-order valence-electron chi connectivity index (χ1n) is 4.26. The van der Waals surface area contributed by atoms with E-state index in [0.717, 1.165) is 19.1 Å². The lowest BCUT2D eigenvalue weighted by molar-refractivity contribution is -0.135. The number of ether oxygens (including phenoxy) is 1. The van der Waals surface area contributed by atoms with E-state index in [1.54, 1.807) is 6.92 Å². The minimum Gasteiger partial charge on any atom is -0.500 e. The second-order valence-electron chi connectivity index (χ2n) is 2.93. The zero-order chi connectivity index (χ0) is 9.84. The van der Waals surface area contributed by atoms with Crippen molar-refractivity contribution in [3.8, 4) is 0 Å². The van der Waals surface area contributed by atoms with Gasteiger partial charge in [-0.2, -0.15) is 0 Å². The number of hydrogen-bond acceptors (Lipinski definition) is 3. The van der Waals surface area contributed by atoms with Crippen molar-refractivity contribution in [1.29, 1.82) is 0 Å². The standard InChI is InChI=1S/C9H12O4/c1-2-13-5-7(9(11)12)8(10)6-3-4-6/h5-6H,2-4H2,1H3,(H,11,12)/b7-5-. The van der Waals surface area contributed by atoms with Crippen LogP contribution >= 0.6 is 0 Å². The molecule has 0 atom stereocenters. The third-order valence-corrected chi connectivity index (χ3v) is 1.81. The summed E-state index contributed by atoms with van der Waals surface area (Å²) in [5.41, 5.74) is -0.232. The van der Waals surface area contributed by atoms with E-state index in [1.165, 1.54) is 0 Å². The number of rotatable bonds is 5. The maximum Gasteiger partial charge on any atom is 0.342 e. The van der Waals surface area contributed by atoms with Crippen molar-refractivity contribution in [2.24, 2.45) is 5.92 Å². The Hall–Kier alpha value is -1.32. The van der Waals surface area contributed by atoms with Gasteiger partial charge in [-0.3, -0.25) is 4.79 Å². The molecule has 0 aromatic carbocycles. The Kier molecular flexibility index (Phi) is 3.06. The fraction of sp³-hybridized carbons (Fsp3) is 0.556. The topological polar surface area (TPSA) is 63.6 Å². The average molecular weight is 184 g/mol. The normalized spacial score (nSPS) is 16.8. The van der Waals surface area contributed by atoms with Gasteiger partial charge in [-0.1, -0.05) is 0 Å². The predicted molar refractivity (Wildman–Crippen MR) is 45.1 cm³/mol. The van der Waals surface area contributed by atoms with Gasteiger partial charge in [0.25, 0.3) is 0 Å². The quantitative estimate of drug-likeness (QED) is 0.299. The smallest absolute Gasteiger partial charge is 0.342 e. The summed E-state index contributed by atoms with van der Waals surface area (Å²) in [4.78, 5) is 21.9. The fourth-order valence-electron chi connectivity index (χ4n) is 0.946. The maximum atomic E-state index is 11.3. The van der Waals surface area contributed by atoms with E-state index in [2.05, 4.69) is 0 Å². The minimum atomic E-state index is -1.20. The third-order valence-electron chi connectivity index (χ3n) is 1.81. The summed E-state index contributed by atoms with van der Waals surface area (Å²) in [6.45, 7) is 2.10. The molecule has 0 aliphatic heterocycles. The zero-order valence-electron chi connectivity index (χ0n) is 7.45. The van der Waals surface area contributed by atoms with Gasteiger partial charge in [-0.05, 0) is 19.8 Å². The van der Waals surface area contributed by atoms with E-state index in [0.29, 0.717) is 6.61 Å². The Bertz CT molecular complexity index is 250. The number of Topliss-reactive ketones (excluding diaryl/α,β-unsaturated/α-hetero) is 1. The molecule has 1 aliphatic rings. The van der Waals surface area contributed by atoms with Crippen LogP contribution < -0.4 is 0 Å². The van der Waals surface area contributed by atoms with Crippen molar-refractivity contribution < 1.29 is 19.4 Å². The molecule has 13 heavy (non-hydrogen) atoms. The average Bonchev–Trinajstić information content (AvgIpc) is 2.86. The van der Waals surface area contributed by atoms with Gasteiger partial charge in [-0.25, -0.2) is 4.79 Å². The van der Waals surface area contributed by atoms with E-state index in [1.807, 2.05) is 0 Å². The number of carbonyl (C=O) groups excluding carboxylic acids is 1. The lowest BCUT2D eigenvalue weighted by Crippen LogP contribution is -2.14. The number of hydrogen-bond donors (Lipinski definition) is 1. The van der Waals surface area contributed by atoms with Crippen molar-refractivity contribution in [1.82, 2.24) is 0 Å². The molecule has 0 bridgehead atoms. The van der Waals surface area contributed by atoms with Gasteiger partial charge < -0.3 is 9.84 Å². The molecule has 4 heteroatoms. The van der Waals surface area contributed by atoms with Gasteiger partial charge in [0.1, 0.15) is 11.8 Å². The van der Waals surface area contributed by atoms with Gasteiger partial charge >= 0.3 is 5.97 Å². The Morgan fingerprint density at radius 1 is 1.54 bits per heavy atom. The number of carboxylic acid groups (broad SMARTS) is 1. The summed E-state index contributed by atoms with van der Waals surface area (Å²) in [6.07, 6.45) is 2.65. The summed E-state index contributed by atoms with van der Waals surface area (Å²) in [7, 11) is 0. The molecular weight excluding hydrogens is 172 g/mol. The molecule has 1 rings (SSSR count). The molecule has 1 saturated carbocycles. The molecule has 72 valence electrons. The molecule has 0 heterocycles. The predicted octanol–water partition coefficient (Wildman–Crippen LogP) is 0.970. The molecule has 1 aliphatic carbocycles. The van der Waals surface area contributed by atoms with Crippen molar-refractivity contribution in [3.05, 3.63) is 11.8 Å². The Labute approximate surface area is 76.2 Å². The molecule has 0 aromatic rings. The van der Waals surface area contributed by atoms with Crippen LogP contribution in [0.5, 0.6) is 0 Å². The molecule has 1 N–H and O–H groups in total. The molecule has 0 spiro atoms. The Balaban J connectivity index is 2.65. The summed E-state index contributed by atoms with van der Waals surface area (Å²) in [5.74, 6) is -1.59. The summed E-state index contributed by atoms with van der Waals surface area (Å²) >= 11 is 0. The van der Waals surface area contributed by atoms with E-state index in [4.69, 9.17) is 9.84 Å². The second kappa shape index (κ2) is 4.07. The lowest BCUT2D eigenvalue weighted by Gasteiger charge is -2.00. The Morgan fingerprint density at radius 2 is 2.15 bits per heavy atom. The second-order valence-corrected chi connectivity index (χ2v) is 2.93. The molecule has 4 nitrogen and oxygen atoms in total. The summed E-state index contributed by atoms with van der Waals surface area (Å²) in [5, 5.41) is 8.68. The van der Waals surface area contributed by atoms with Crippen LogP contribution in [-0.2, 0) is 14.3 Å². The highest BCUT2D eigenvalue weighted by Gasteiger charge is 2.34. The summed E-state index contributed by atoms with van der Waals surface area (Å²) < 4.78 is 4.79. The summed E-state index contributed by atoms with van der Waals surface area (Å²) in [6, 6.07) is 0. The maximum absolute atomic E-state index is 11.3. The van der Waals surface area contributed by atoms with Gasteiger partial charge in [0.2, 0.25) is 0 Å². The van der Waals surface area contributed by atoms with Crippen LogP contribution in [-0.4, -0.2) is 23.5 Å². The molecule has 1 fully saturated rings. The van der Waals surface area contributed by atoms with Gasteiger partial charge in [0, 0.05) is 5.92 Å². The van der Waals surface area contributed by atoms with Gasteiger partial charge in [-0.15, -0.1) is 0 Å². The molecule has 0 aromatic heterocycles. The van der Waals surface area contributed by atoms with Crippen LogP contribution in [0.4, 0.5) is 0 Å². The van der Waals surface area contributed by atoms with Crippen LogP contribution in [0.3, 0.4) is 0 Å². The third kappa shape index (κ3) is 2.57. The van der Waals surface area contributed by atoms with E-state index in [-0.39, 0.29) is 17.3 Å². The first-order valence-corrected chi connectivity index (χ1v) is 4.26. The van der Waals surface area contributed by atoms with Gasteiger partial charge in [0.05, 0.1) is 6.61 Å². The van der Waals surface area contributed by atoms with E-state index >= 15 is 0 Å². The number of carboxylic acids is 1. The molecule has 0 radical (unpaired) electrons. The first-order chi connectivity index (χ1) is 6.16. The van der Waals surface area contributed by atoms with Crippen LogP contribution in [0.15, 0.2) is 11.8 Å². The fourth-order valence-corrected chi connectivity index (χ4v) is 0.946. The number of carbonyl (C=O) groups is 2. The highest BCUT2D eigenvalue weighted by Crippen LogP contribution is 2.32. The van der Waals surface area contributed by atoms with Crippen LogP contribution in [0.25, 0.3) is 0 Å². The minimum absolute atomic E-state index is 0.0807. The largest absolute Gasteiger partial charge is 0.500 e. The SMILES string of the molecule is CCO/C=C(\C(=O)O)C(=O)C1CC1. The van der Waals surface area contributed by atoms with E-state index < -0.39 is 5.97 Å². The van der Waals surface area contributed by atoms with Crippen molar-refractivity contribution in [2.45, 2.75) is 19.8 Å². The zero-order valence-corrected chi connectivity index (χ0v) is 7.45. The van der Waals surface area contributed by atoms with Crippen molar-refractivity contribution in [3.63, 3.8) is 0 Å². The first kappa shape index (κ1) is 9.77. The molecule has 0 unspecified atom stereocenters. The molecule has 0 saturated heterocycles.